The van der Waals surface area contributed by atoms with Gasteiger partial charge >= 0.3 is 6.03 Å². The Balaban J connectivity index is 1.28. The molecule has 220 valence electrons. The second kappa shape index (κ2) is 9.72. The number of likely N-dealkylation sites (N-methyl/N-ethyl adjacent to an activating group) is 1. The van der Waals surface area contributed by atoms with Crippen molar-refractivity contribution in [2.24, 2.45) is 0 Å². The molecule has 2 heterocycles. The summed E-state index contributed by atoms with van der Waals surface area (Å²) in [5.74, 6) is 1.17. The summed E-state index contributed by atoms with van der Waals surface area (Å²) in [7, 11) is -0.503. The highest BCUT2D eigenvalue weighted by atomic mass is 32.2. The minimum Gasteiger partial charge on any atom is -0.493 e. The molecule has 9 nitrogen and oxygen atoms in total. The highest BCUT2D eigenvalue weighted by molar-refractivity contribution is 7.89. The molecule has 1 spiro atoms. The smallest absolute Gasteiger partial charge is 0.317 e. The number of aliphatic hydroxyl groups is 1. The zero-order valence-electron chi connectivity index (χ0n) is 23.7. The van der Waals surface area contributed by atoms with Crippen LogP contribution in [0.5, 0.6) is 11.5 Å². The molecule has 2 N–H and O–H groups in total. The molecule has 0 aromatic heterocycles. The molecule has 2 bridgehead atoms. The summed E-state index contributed by atoms with van der Waals surface area (Å²) in [4.78, 5) is 15.3. The van der Waals surface area contributed by atoms with Gasteiger partial charge in [0.25, 0.3) is 0 Å². The van der Waals surface area contributed by atoms with E-state index < -0.39 is 33.2 Å². The van der Waals surface area contributed by atoms with Crippen LogP contribution in [0, 0.1) is 0 Å². The van der Waals surface area contributed by atoms with E-state index in [4.69, 9.17) is 9.47 Å². The van der Waals surface area contributed by atoms with E-state index in [-0.39, 0.29) is 23.5 Å². The number of hydrogen-bond acceptors (Lipinski definition) is 6. The van der Waals surface area contributed by atoms with Crippen LogP contribution in [0.3, 0.4) is 0 Å². The third kappa shape index (κ3) is 3.68. The number of carbonyl (C=O) groups excluding carboxylic acids is 1. The van der Waals surface area contributed by atoms with Gasteiger partial charge in [0.1, 0.15) is 6.10 Å². The van der Waals surface area contributed by atoms with Gasteiger partial charge in [-0.2, -0.15) is 4.31 Å². The monoisotopic (exact) mass is 589 g/mol. The number of nitrogens with zero attached hydrogens (tertiary/aromatic N) is 2. The Bertz CT molecular complexity index is 1630. The molecule has 2 fully saturated rings. The number of urea groups is 1. The predicted molar refractivity (Wildman–Crippen MR) is 156 cm³/mol. The molecule has 42 heavy (non-hydrogen) atoms. The van der Waals surface area contributed by atoms with Gasteiger partial charge in [-0.15, -0.1) is 0 Å². The Hall–Kier alpha value is -3.60. The molecular formula is C32H35N3O6S. The van der Waals surface area contributed by atoms with Gasteiger partial charge in [0, 0.05) is 25.7 Å². The Morgan fingerprint density at radius 1 is 1.10 bits per heavy atom. The van der Waals surface area contributed by atoms with E-state index in [0.29, 0.717) is 43.7 Å². The van der Waals surface area contributed by atoms with E-state index in [9.17, 15) is 18.3 Å². The lowest BCUT2D eigenvalue weighted by Gasteiger charge is -2.64. The Labute approximate surface area is 246 Å². The van der Waals surface area contributed by atoms with Crippen LogP contribution in [-0.4, -0.2) is 73.3 Å². The lowest BCUT2D eigenvalue weighted by molar-refractivity contribution is -0.182. The quantitative estimate of drug-likeness (QED) is 0.456. The first-order valence-electron chi connectivity index (χ1n) is 14.4. The van der Waals surface area contributed by atoms with Crippen molar-refractivity contribution in [3.8, 4) is 11.5 Å². The maximum atomic E-state index is 14.0. The average molecular weight is 590 g/mol. The van der Waals surface area contributed by atoms with E-state index in [2.05, 4.69) is 5.32 Å². The number of benzene rings is 3. The summed E-state index contributed by atoms with van der Waals surface area (Å²) < 4.78 is 41.9. The number of amides is 2. The highest BCUT2D eigenvalue weighted by Crippen LogP contribution is 2.66. The van der Waals surface area contributed by atoms with Crippen molar-refractivity contribution in [2.75, 3.05) is 20.7 Å². The second-order valence-corrected chi connectivity index (χ2v) is 13.7. The zero-order valence-corrected chi connectivity index (χ0v) is 24.5. The number of rotatable bonds is 6. The first kappa shape index (κ1) is 27.2. The van der Waals surface area contributed by atoms with E-state index in [1.54, 1.807) is 49.4 Å². The lowest BCUT2D eigenvalue weighted by Crippen LogP contribution is -2.78. The van der Waals surface area contributed by atoms with Gasteiger partial charge < -0.3 is 24.8 Å². The summed E-state index contributed by atoms with van der Waals surface area (Å²) in [5.41, 5.74) is 0.574. The summed E-state index contributed by atoms with van der Waals surface area (Å²) in [6.45, 7) is 0.626. The summed E-state index contributed by atoms with van der Waals surface area (Å²) in [6.07, 6.45) is 0.942. The van der Waals surface area contributed by atoms with Gasteiger partial charge in [-0.25, -0.2) is 13.2 Å². The molecule has 3 aromatic rings. The van der Waals surface area contributed by atoms with E-state index in [1.165, 1.54) is 4.31 Å². The van der Waals surface area contributed by atoms with Crippen LogP contribution in [-0.2, 0) is 28.4 Å². The van der Waals surface area contributed by atoms with Gasteiger partial charge in [0.05, 0.1) is 35.1 Å². The fourth-order valence-electron chi connectivity index (χ4n) is 8.09. The third-order valence-corrected chi connectivity index (χ3v) is 12.0. The van der Waals surface area contributed by atoms with Gasteiger partial charge in [-0.1, -0.05) is 54.6 Å². The number of piperidine rings is 1. The van der Waals surface area contributed by atoms with E-state index >= 15 is 0 Å². The van der Waals surface area contributed by atoms with Crippen LogP contribution in [0.2, 0.25) is 0 Å². The fraction of sp³-hybridized carbons (Fsp3) is 0.406. The molecule has 2 aliphatic heterocycles. The van der Waals surface area contributed by atoms with Crippen molar-refractivity contribution in [3.05, 3.63) is 89.5 Å². The number of sulfonamides is 1. The number of nitrogens with one attached hydrogen (secondary N) is 1. The number of carbonyl (C=O) groups is 1. The molecule has 1 saturated carbocycles. The Morgan fingerprint density at radius 2 is 1.81 bits per heavy atom. The highest BCUT2D eigenvalue weighted by Gasteiger charge is 2.74. The summed E-state index contributed by atoms with van der Waals surface area (Å²) in [5, 5.41) is 15.8. The van der Waals surface area contributed by atoms with Crippen LogP contribution in [0.1, 0.15) is 36.0 Å². The molecule has 1 saturated heterocycles. The minimum atomic E-state index is -3.86. The maximum absolute atomic E-state index is 14.0. The van der Waals surface area contributed by atoms with E-state index in [0.717, 1.165) is 16.7 Å². The standard InChI is InChI=1S/C32H35N3O6S/c1-34(30(36)33-20-21-9-5-3-6-10-21)24-15-16-32(37)26-19-22-13-14-25(40-2)28-27(22)31(32,29(24)41-28)17-18-35(26)42(38,39)23-11-7-4-8-12-23/h3-14,24,26,29,37H,15-20H2,1-2H3,(H,33,36)/t24-,26-,29+,31?,32-/m1/s1. The van der Waals surface area contributed by atoms with Gasteiger partial charge in [-0.3, -0.25) is 0 Å². The topological polar surface area (TPSA) is 108 Å². The Kier molecular flexibility index (Phi) is 6.31. The molecule has 0 radical (unpaired) electrons. The average Bonchev–Trinajstić information content (AvgIpc) is 3.35. The molecule has 1 unspecified atom stereocenters. The molecule has 10 heteroatoms. The van der Waals surface area contributed by atoms with Gasteiger partial charge in [0.15, 0.2) is 11.5 Å². The molecule has 4 aliphatic rings. The SMILES string of the molecule is COc1ccc2c3c1O[C@H]1[C@H](N(C)C(=O)NCc4ccccc4)CC[C@@]4(O)[C@@H](C2)N(S(=O)(=O)c2ccccc2)CCC314. The predicted octanol–water partition coefficient (Wildman–Crippen LogP) is 3.45. The van der Waals surface area contributed by atoms with Crippen molar-refractivity contribution < 1.29 is 27.8 Å². The lowest BCUT2D eigenvalue weighted by atomic mass is 9.48. The normalized spacial score (nSPS) is 29.3. The first-order valence-corrected chi connectivity index (χ1v) is 15.9. The van der Waals surface area contributed by atoms with Crippen LogP contribution in [0.4, 0.5) is 4.79 Å². The number of hydrogen-bond donors (Lipinski definition) is 2. The molecule has 7 rings (SSSR count). The zero-order chi connectivity index (χ0) is 29.3. The first-order chi connectivity index (χ1) is 20.2. The van der Waals surface area contributed by atoms with Crippen molar-refractivity contribution in [3.63, 3.8) is 0 Å². The van der Waals surface area contributed by atoms with E-state index in [1.807, 2.05) is 42.5 Å². The largest absolute Gasteiger partial charge is 0.493 e. The van der Waals surface area contributed by atoms with Crippen molar-refractivity contribution in [2.45, 2.75) is 66.3 Å². The molecule has 2 aliphatic carbocycles. The van der Waals surface area contributed by atoms with Crippen LogP contribution >= 0.6 is 0 Å². The van der Waals surface area contributed by atoms with Crippen molar-refractivity contribution in [1.82, 2.24) is 14.5 Å². The van der Waals surface area contributed by atoms with Crippen LogP contribution < -0.4 is 14.8 Å². The van der Waals surface area contributed by atoms with Crippen molar-refractivity contribution in [1.29, 1.82) is 0 Å². The summed E-state index contributed by atoms with van der Waals surface area (Å²) >= 11 is 0. The van der Waals surface area contributed by atoms with Crippen LogP contribution in [0.15, 0.2) is 77.7 Å². The van der Waals surface area contributed by atoms with Gasteiger partial charge in [-0.05, 0) is 55.0 Å². The second-order valence-electron chi connectivity index (χ2n) is 11.8. The molecular weight excluding hydrogens is 554 g/mol. The molecule has 2 amide bonds. The molecule has 3 aromatic carbocycles. The fourth-order valence-corrected chi connectivity index (χ4v) is 9.78. The van der Waals surface area contributed by atoms with Gasteiger partial charge in [0.2, 0.25) is 10.0 Å². The minimum absolute atomic E-state index is 0.216. The third-order valence-electron chi connectivity index (χ3n) is 10.0. The maximum Gasteiger partial charge on any atom is 0.317 e. The van der Waals surface area contributed by atoms with Crippen molar-refractivity contribution >= 4 is 16.1 Å². The number of ether oxygens (including phenoxy) is 2. The molecule has 5 atom stereocenters. The number of methoxy groups -OCH3 is 1. The van der Waals surface area contributed by atoms with Crippen LogP contribution in [0.25, 0.3) is 0 Å². The summed E-state index contributed by atoms with van der Waals surface area (Å²) in [6, 6.07) is 20.7. The Morgan fingerprint density at radius 3 is 2.52 bits per heavy atom.